The number of aromatic nitrogens is 2. The van der Waals surface area contributed by atoms with Crippen molar-refractivity contribution in [1.82, 2.24) is 15.5 Å². The fourth-order valence-electron chi connectivity index (χ4n) is 3.02. The average Bonchev–Trinajstić information content (AvgIpc) is 2.64. The van der Waals surface area contributed by atoms with Gasteiger partial charge in [-0.3, -0.25) is 4.21 Å². The SMILES string of the molecule is Cc1cc(-c2ccc(C(F)(F)F)cc2NS(=O)[O-])nnc1N[C@H]1CNCC[C@H]1F. The van der Waals surface area contributed by atoms with Gasteiger partial charge in [-0.25, -0.2) is 4.39 Å². The Morgan fingerprint density at radius 2 is 2.03 bits per heavy atom. The summed E-state index contributed by atoms with van der Waals surface area (Å²) in [6, 6.07) is 3.71. The Kier molecular flexibility index (Phi) is 6.34. The molecule has 1 aliphatic heterocycles. The molecule has 0 amide bonds. The van der Waals surface area contributed by atoms with Gasteiger partial charge in [0, 0.05) is 23.4 Å². The van der Waals surface area contributed by atoms with E-state index >= 15 is 0 Å². The van der Waals surface area contributed by atoms with E-state index in [9.17, 15) is 26.3 Å². The third kappa shape index (κ3) is 5.19. The van der Waals surface area contributed by atoms with Gasteiger partial charge in [-0.05, 0) is 43.7 Å². The quantitative estimate of drug-likeness (QED) is 0.496. The van der Waals surface area contributed by atoms with Crippen LogP contribution in [0.1, 0.15) is 17.5 Å². The van der Waals surface area contributed by atoms with Gasteiger partial charge in [-0.15, -0.1) is 10.2 Å². The van der Waals surface area contributed by atoms with Crippen molar-refractivity contribution in [3.8, 4) is 11.3 Å². The highest BCUT2D eigenvalue weighted by atomic mass is 32.2. The summed E-state index contributed by atoms with van der Waals surface area (Å²) >= 11 is -2.83. The summed E-state index contributed by atoms with van der Waals surface area (Å²) in [6.45, 7) is 2.70. The highest BCUT2D eigenvalue weighted by molar-refractivity contribution is 7.80. The van der Waals surface area contributed by atoms with Crippen LogP contribution in [0.4, 0.5) is 29.1 Å². The number of nitrogens with zero attached hydrogens (tertiary/aromatic N) is 2. The minimum Gasteiger partial charge on any atom is -0.755 e. The predicted molar refractivity (Wildman–Crippen MR) is 99.5 cm³/mol. The Bertz CT molecular complexity index is 912. The minimum absolute atomic E-state index is 0.132. The van der Waals surface area contributed by atoms with E-state index in [0.29, 0.717) is 37.0 Å². The molecule has 0 bridgehead atoms. The largest absolute Gasteiger partial charge is 0.755 e. The number of aryl methyl sites for hydroxylation is 1. The molecule has 0 radical (unpaired) electrons. The fourth-order valence-corrected chi connectivity index (χ4v) is 3.37. The minimum atomic E-state index is -4.63. The topological polar surface area (TPSA) is 102 Å². The molecule has 1 aliphatic rings. The third-order valence-electron chi connectivity index (χ3n) is 4.52. The molecule has 2 aromatic rings. The Labute approximate surface area is 166 Å². The second kappa shape index (κ2) is 8.59. The molecule has 7 nitrogen and oxygen atoms in total. The molecule has 0 aliphatic carbocycles. The van der Waals surface area contributed by atoms with Gasteiger partial charge in [0.15, 0.2) is 5.82 Å². The molecular formula is C17H18F4N5O2S-. The van der Waals surface area contributed by atoms with E-state index in [-0.39, 0.29) is 16.9 Å². The number of alkyl halides is 4. The van der Waals surface area contributed by atoms with Crippen LogP contribution in [-0.4, -0.2) is 44.3 Å². The van der Waals surface area contributed by atoms with Gasteiger partial charge in [0.2, 0.25) is 0 Å². The van der Waals surface area contributed by atoms with Crippen LogP contribution in [-0.2, 0) is 17.4 Å². The van der Waals surface area contributed by atoms with Gasteiger partial charge in [-0.1, -0.05) is 6.07 Å². The second-order valence-corrected chi connectivity index (χ2v) is 7.29. The van der Waals surface area contributed by atoms with Crippen LogP contribution in [0.15, 0.2) is 24.3 Å². The molecule has 1 aromatic carbocycles. The van der Waals surface area contributed by atoms with Crippen molar-refractivity contribution in [3.05, 3.63) is 35.4 Å². The number of benzene rings is 1. The van der Waals surface area contributed by atoms with Crippen LogP contribution >= 0.6 is 0 Å². The first-order chi connectivity index (χ1) is 13.6. The smallest absolute Gasteiger partial charge is 0.416 e. The number of anilines is 2. The molecule has 1 aromatic heterocycles. The summed E-state index contributed by atoms with van der Waals surface area (Å²) in [5, 5.41) is 14.1. The van der Waals surface area contributed by atoms with E-state index in [4.69, 9.17) is 0 Å². The van der Waals surface area contributed by atoms with Gasteiger partial charge >= 0.3 is 6.18 Å². The van der Waals surface area contributed by atoms with E-state index in [1.807, 2.05) is 4.72 Å². The van der Waals surface area contributed by atoms with Crippen LogP contribution < -0.4 is 15.4 Å². The number of hydrogen-bond donors (Lipinski definition) is 3. The van der Waals surface area contributed by atoms with Gasteiger partial charge < -0.3 is 19.9 Å². The van der Waals surface area contributed by atoms with Crippen LogP contribution in [0.25, 0.3) is 11.3 Å². The fraction of sp³-hybridized carbons (Fsp3) is 0.412. The molecule has 1 saturated heterocycles. The van der Waals surface area contributed by atoms with E-state index < -0.39 is 35.2 Å². The zero-order valence-corrected chi connectivity index (χ0v) is 16.0. The zero-order chi connectivity index (χ0) is 21.2. The van der Waals surface area contributed by atoms with Crippen LogP contribution in [0.2, 0.25) is 0 Å². The number of rotatable bonds is 5. The van der Waals surface area contributed by atoms with E-state index in [1.165, 1.54) is 0 Å². The Hall–Kier alpha value is -2.31. The Morgan fingerprint density at radius 3 is 2.66 bits per heavy atom. The summed E-state index contributed by atoms with van der Waals surface area (Å²) in [5.41, 5.74) is -0.388. The molecule has 0 spiro atoms. The lowest BCUT2D eigenvalue weighted by Gasteiger charge is -2.28. The van der Waals surface area contributed by atoms with Gasteiger partial charge in [0.05, 0.1) is 23.0 Å². The molecule has 3 rings (SSSR count). The van der Waals surface area contributed by atoms with Gasteiger partial charge in [0.25, 0.3) is 0 Å². The molecular weight excluding hydrogens is 414 g/mol. The standard InChI is InChI=1S/C17H19F4N5O2S/c1-9-6-13(24-25-16(9)23-15-8-22-5-4-12(15)18)11-3-2-10(17(19,20)21)7-14(11)26-29(27)28/h2-3,6-7,12,15,22,26H,4-5,8H2,1H3,(H,23,25)(H,27,28)/p-1/t12-,15+/m1/s1. The van der Waals surface area contributed by atoms with Crippen LogP contribution in [0, 0.1) is 6.92 Å². The summed E-state index contributed by atoms with van der Waals surface area (Å²) in [6.07, 6.45) is -5.31. The number of hydrogen-bond acceptors (Lipinski definition) is 6. The normalized spacial score (nSPS) is 20.9. The lowest BCUT2D eigenvalue weighted by Crippen LogP contribution is -2.46. The van der Waals surface area contributed by atoms with Crippen molar-refractivity contribution in [2.75, 3.05) is 23.1 Å². The van der Waals surface area contributed by atoms with Crippen molar-refractivity contribution in [1.29, 1.82) is 0 Å². The summed E-state index contributed by atoms with van der Waals surface area (Å²) in [4.78, 5) is 0. The van der Waals surface area contributed by atoms with Crippen molar-refractivity contribution in [3.63, 3.8) is 0 Å². The molecule has 1 fully saturated rings. The molecule has 2 heterocycles. The van der Waals surface area contributed by atoms with E-state index in [1.54, 1.807) is 13.0 Å². The Morgan fingerprint density at radius 1 is 1.28 bits per heavy atom. The molecule has 3 N–H and O–H groups in total. The molecule has 3 atom stereocenters. The van der Waals surface area contributed by atoms with Crippen LogP contribution in [0.3, 0.4) is 0 Å². The average molecular weight is 432 g/mol. The third-order valence-corrected chi connectivity index (χ3v) is 4.91. The van der Waals surface area contributed by atoms with Gasteiger partial charge in [-0.2, -0.15) is 13.2 Å². The summed E-state index contributed by atoms with van der Waals surface area (Å²) in [5.74, 6) is 0.346. The Balaban J connectivity index is 1.91. The molecule has 12 heteroatoms. The summed E-state index contributed by atoms with van der Waals surface area (Å²) in [7, 11) is 0. The van der Waals surface area contributed by atoms with Crippen molar-refractivity contribution < 1.29 is 26.3 Å². The molecule has 0 saturated carbocycles. The first-order valence-electron chi connectivity index (χ1n) is 8.68. The van der Waals surface area contributed by atoms with E-state index in [2.05, 4.69) is 20.8 Å². The lowest BCUT2D eigenvalue weighted by molar-refractivity contribution is -0.137. The summed E-state index contributed by atoms with van der Waals surface area (Å²) < 4.78 is 76.9. The monoisotopic (exact) mass is 432 g/mol. The van der Waals surface area contributed by atoms with Crippen molar-refractivity contribution in [2.45, 2.75) is 31.7 Å². The van der Waals surface area contributed by atoms with Crippen molar-refractivity contribution in [2.24, 2.45) is 0 Å². The number of nitrogens with one attached hydrogen (secondary N) is 3. The predicted octanol–water partition coefficient (Wildman–Crippen LogP) is 2.79. The maximum absolute atomic E-state index is 14.0. The molecule has 1 unspecified atom stereocenters. The van der Waals surface area contributed by atoms with Gasteiger partial charge in [0.1, 0.15) is 6.17 Å². The number of halogens is 4. The van der Waals surface area contributed by atoms with Crippen LogP contribution in [0.5, 0.6) is 0 Å². The highest BCUT2D eigenvalue weighted by Crippen LogP contribution is 2.36. The maximum Gasteiger partial charge on any atom is 0.416 e. The zero-order valence-electron chi connectivity index (χ0n) is 15.2. The molecule has 158 valence electrons. The lowest BCUT2D eigenvalue weighted by atomic mass is 10.0. The first-order valence-corrected chi connectivity index (χ1v) is 9.76. The van der Waals surface area contributed by atoms with E-state index in [0.717, 1.165) is 12.1 Å². The number of piperidine rings is 1. The maximum atomic E-state index is 14.0. The van der Waals surface area contributed by atoms with Crippen molar-refractivity contribution >= 4 is 22.8 Å². The molecule has 29 heavy (non-hydrogen) atoms. The second-order valence-electron chi connectivity index (χ2n) is 6.62. The first kappa shape index (κ1) is 21.4. The highest BCUT2D eigenvalue weighted by Gasteiger charge is 2.31.